The van der Waals surface area contributed by atoms with E-state index in [2.05, 4.69) is 15.9 Å². The van der Waals surface area contributed by atoms with E-state index in [0.29, 0.717) is 11.3 Å². The number of benzene rings is 2. The first-order valence-electron chi connectivity index (χ1n) is 6.98. The molecule has 0 bridgehead atoms. The molecule has 0 aliphatic carbocycles. The van der Waals surface area contributed by atoms with E-state index >= 15 is 0 Å². The molecule has 1 amide bonds. The Kier molecular flexibility index (Phi) is 5.71. The van der Waals surface area contributed by atoms with Gasteiger partial charge in [0.25, 0.3) is 5.91 Å². The van der Waals surface area contributed by atoms with E-state index in [1.807, 2.05) is 12.1 Å². The maximum Gasteiger partial charge on any atom is 0.263 e. The number of hydrogen-bond acceptors (Lipinski definition) is 2. The number of amides is 1. The van der Waals surface area contributed by atoms with E-state index in [1.165, 1.54) is 11.0 Å². The molecule has 0 radical (unpaired) electrons. The summed E-state index contributed by atoms with van der Waals surface area (Å²) in [6.07, 6.45) is -0.688. The number of carbonyl (C=O) groups is 1. The third kappa shape index (κ3) is 4.76. The summed E-state index contributed by atoms with van der Waals surface area (Å²) < 4.78 is 32.6. The molecule has 0 heterocycles. The van der Waals surface area contributed by atoms with Crippen molar-refractivity contribution in [3.05, 3.63) is 64.1 Å². The average Bonchev–Trinajstić information content (AvgIpc) is 2.52. The predicted octanol–water partition coefficient (Wildman–Crippen LogP) is 4.15. The lowest BCUT2D eigenvalue weighted by Crippen LogP contribution is -2.37. The second-order valence-corrected chi connectivity index (χ2v) is 6.07. The average molecular weight is 384 g/mol. The van der Waals surface area contributed by atoms with Gasteiger partial charge in [0, 0.05) is 18.1 Å². The summed E-state index contributed by atoms with van der Waals surface area (Å²) >= 11 is 3.32. The first-order valence-corrected chi connectivity index (χ1v) is 7.77. The van der Waals surface area contributed by atoms with Crippen LogP contribution in [0.1, 0.15) is 12.5 Å². The van der Waals surface area contributed by atoms with Gasteiger partial charge >= 0.3 is 0 Å². The van der Waals surface area contributed by atoms with Crippen molar-refractivity contribution in [1.82, 2.24) is 4.90 Å². The van der Waals surface area contributed by atoms with Crippen LogP contribution in [0.3, 0.4) is 0 Å². The predicted molar refractivity (Wildman–Crippen MR) is 87.1 cm³/mol. The second-order valence-electron chi connectivity index (χ2n) is 5.16. The number of nitrogens with zero attached hydrogens (tertiary/aromatic N) is 1. The minimum Gasteiger partial charge on any atom is -0.481 e. The molecule has 0 spiro atoms. The molecule has 0 N–H and O–H groups in total. The van der Waals surface area contributed by atoms with Crippen LogP contribution in [0.5, 0.6) is 5.75 Å². The van der Waals surface area contributed by atoms with Gasteiger partial charge in [-0.15, -0.1) is 0 Å². The van der Waals surface area contributed by atoms with Crippen LogP contribution in [0.25, 0.3) is 0 Å². The van der Waals surface area contributed by atoms with E-state index in [0.717, 1.165) is 16.6 Å². The smallest absolute Gasteiger partial charge is 0.263 e. The quantitative estimate of drug-likeness (QED) is 0.775. The lowest BCUT2D eigenvalue weighted by molar-refractivity contribution is -0.137. The fourth-order valence-electron chi connectivity index (χ4n) is 2.07. The van der Waals surface area contributed by atoms with Crippen molar-refractivity contribution < 1.29 is 18.3 Å². The normalized spacial score (nSPS) is 11.9. The highest BCUT2D eigenvalue weighted by atomic mass is 79.9. The zero-order valence-electron chi connectivity index (χ0n) is 12.7. The highest BCUT2D eigenvalue weighted by Gasteiger charge is 2.19. The molecule has 0 aliphatic rings. The number of halogens is 3. The Morgan fingerprint density at radius 2 is 1.83 bits per heavy atom. The van der Waals surface area contributed by atoms with Gasteiger partial charge in [-0.1, -0.05) is 22.0 Å². The van der Waals surface area contributed by atoms with Gasteiger partial charge in [0.1, 0.15) is 5.75 Å². The summed E-state index contributed by atoms with van der Waals surface area (Å²) in [7, 11) is 1.59. The molecule has 3 nitrogen and oxygen atoms in total. The molecule has 1 atom stereocenters. The highest BCUT2D eigenvalue weighted by molar-refractivity contribution is 9.10. The second kappa shape index (κ2) is 7.55. The van der Waals surface area contributed by atoms with Crippen molar-refractivity contribution in [3.8, 4) is 5.75 Å². The topological polar surface area (TPSA) is 29.5 Å². The van der Waals surface area contributed by atoms with Gasteiger partial charge in [-0.05, 0) is 48.9 Å². The van der Waals surface area contributed by atoms with Crippen LogP contribution in [-0.4, -0.2) is 24.0 Å². The highest BCUT2D eigenvalue weighted by Crippen LogP contribution is 2.18. The van der Waals surface area contributed by atoms with Gasteiger partial charge in [0.05, 0.1) is 0 Å². The van der Waals surface area contributed by atoms with Gasteiger partial charge in [0.2, 0.25) is 0 Å². The van der Waals surface area contributed by atoms with Crippen LogP contribution in [0, 0.1) is 11.6 Å². The van der Waals surface area contributed by atoms with Crippen LogP contribution < -0.4 is 4.74 Å². The number of hydrogen-bond donors (Lipinski definition) is 0. The SMILES string of the molecule is CC(Oc1ccc(Br)cc1)C(=O)N(C)Cc1ccc(F)c(F)c1. The Balaban J connectivity index is 1.97. The van der Waals surface area contributed by atoms with Crippen LogP contribution in [-0.2, 0) is 11.3 Å². The van der Waals surface area contributed by atoms with Gasteiger partial charge < -0.3 is 9.64 Å². The molecule has 2 aromatic carbocycles. The van der Waals surface area contributed by atoms with E-state index in [4.69, 9.17) is 4.74 Å². The molecule has 0 saturated heterocycles. The van der Waals surface area contributed by atoms with Gasteiger partial charge in [-0.2, -0.15) is 0 Å². The van der Waals surface area contributed by atoms with Gasteiger partial charge in [-0.3, -0.25) is 4.79 Å². The monoisotopic (exact) mass is 383 g/mol. The third-order valence-electron chi connectivity index (χ3n) is 3.25. The number of ether oxygens (including phenoxy) is 1. The van der Waals surface area contributed by atoms with E-state index < -0.39 is 17.7 Å². The summed E-state index contributed by atoms with van der Waals surface area (Å²) in [5.41, 5.74) is 0.510. The summed E-state index contributed by atoms with van der Waals surface area (Å²) in [5.74, 6) is -1.51. The zero-order chi connectivity index (χ0) is 17.0. The summed E-state index contributed by atoms with van der Waals surface area (Å²) in [6.45, 7) is 1.82. The minimum atomic E-state index is -0.928. The Morgan fingerprint density at radius 1 is 1.17 bits per heavy atom. The van der Waals surface area contributed by atoms with E-state index in [-0.39, 0.29) is 12.5 Å². The standard InChI is InChI=1S/C17H16BrF2NO2/c1-11(23-14-6-4-13(18)5-7-14)17(22)21(2)10-12-3-8-15(19)16(20)9-12/h3-9,11H,10H2,1-2H3. The van der Waals surface area contributed by atoms with E-state index in [9.17, 15) is 13.6 Å². The molecule has 0 aromatic heterocycles. The largest absolute Gasteiger partial charge is 0.481 e. The molecule has 2 aromatic rings. The molecular weight excluding hydrogens is 368 g/mol. The Hall–Kier alpha value is -1.95. The summed E-state index contributed by atoms with van der Waals surface area (Å²) in [5, 5.41) is 0. The molecule has 0 fully saturated rings. The molecule has 1 unspecified atom stereocenters. The molecular formula is C17H16BrF2NO2. The number of likely N-dealkylation sites (N-methyl/N-ethyl adjacent to an activating group) is 1. The first kappa shape index (κ1) is 17.4. The maximum atomic E-state index is 13.2. The van der Waals surface area contributed by atoms with E-state index in [1.54, 1.807) is 26.1 Å². The molecule has 23 heavy (non-hydrogen) atoms. The van der Waals surface area contributed by atoms with Crippen LogP contribution in [0.2, 0.25) is 0 Å². The van der Waals surface area contributed by atoms with Crippen LogP contribution in [0.4, 0.5) is 8.78 Å². The van der Waals surface area contributed by atoms with Crippen molar-refractivity contribution >= 4 is 21.8 Å². The Morgan fingerprint density at radius 3 is 2.43 bits per heavy atom. The van der Waals surface area contributed by atoms with Crippen molar-refractivity contribution in [3.63, 3.8) is 0 Å². The van der Waals surface area contributed by atoms with Crippen molar-refractivity contribution in [2.75, 3.05) is 7.05 Å². The van der Waals surface area contributed by atoms with Crippen LogP contribution >= 0.6 is 15.9 Å². The lowest BCUT2D eigenvalue weighted by Gasteiger charge is -2.22. The fraction of sp³-hybridized carbons (Fsp3) is 0.235. The van der Waals surface area contributed by atoms with Crippen molar-refractivity contribution in [2.24, 2.45) is 0 Å². The first-order chi connectivity index (χ1) is 10.9. The third-order valence-corrected chi connectivity index (χ3v) is 3.78. The molecule has 2 rings (SSSR count). The maximum absolute atomic E-state index is 13.2. The lowest BCUT2D eigenvalue weighted by atomic mass is 10.2. The van der Waals surface area contributed by atoms with Crippen LogP contribution in [0.15, 0.2) is 46.9 Å². The Bertz CT molecular complexity index is 691. The minimum absolute atomic E-state index is 0.171. The van der Waals surface area contributed by atoms with Crippen molar-refractivity contribution in [2.45, 2.75) is 19.6 Å². The fourth-order valence-corrected chi connectivity index (χ4v) is 2.33. The zero-order valence-corrected chi connectivity index (χ0v) is 14.3. The molecule has 6 heteroatoms. The van der Waals surface area contributed by atoms with Gasteiger partial charge in [0.15, 0.2) is 17.7 Å². The summed E-state index contributed by atoms with van der Waals surface area (Å²) in [6, 6.07) is 10.7. The molecule has 0 aliphatic heterocycles. The molecule has 0 saturated carbocycles. The number of rotatable bonds is 5. The van der Waals surface area contributed by atoms with Crippen molar-refractivity contribution in [1.29, 1.82) is 0 Å². The molecule has 122 valence electrons. The summed E-state index contributed by atoms with van der Waals surface area (Å²) in [4.78, 5) is 13.7. The Labute approximate surface area is 142 Å². The van der Waals surface area contributed by atoms with Gasteiger partial charge in [-0.25, -0.2) is 8.78 Å². The number of carbonyl (C=O) groups excluding carboxylic acids is 1.